The largest absolute Gasteiger partial charge is 0.402 e. The molecule has 3 heteroatoms. The highest BCUT2D eigenvalue weighted by atomic mass is 14.9. The molecule has 1 heterocycles. The number of nitrogens with zero attached hydrogens (tertiary/aromatic N) is 2. The highest BCUT2D eigenvalue weighted by molar-refractivity contribution is 5.70. The summed E-state index contributed by atoms with van der Waals surface area (Å²) in [5.41, 5.74) is 11.8. The molecule has 0 saturated heterocycles. The molecule has 2 rings (SSSR count). The zero-order valence-electron chi connectivity index (χ0n) is 11.9. The molecule has 0 aliphatic carbocycles. The summed E-state index contributed by atoms with van der Waals surface area (Å²) in [5.74, 6) is 0.766. The third-order valence-electron chi connectivity index (χ3n) is 3.27. The van der Waals surface area contributed by atoms with Gasteiger partial charge in [0.05, 0.1) is 0 Å². The molecule has 0 saturated carbocycles. The van der Waals surface area contributed by atoms with Crippen molar-refractivity contribution in [2.24, 2.45) is 5.73 Å². The lowest BCUT2D eigenvalue weighted by Crippen LogP contribution is -2.04. The summed E-state index contributed by atoms with van der Waals surface area (Å²) in [4.78, 5) is 9.21. The minimum absolute atomic E-state index is 0.766. The van der Waals surface area contributed by atoms with Gasteiger partial charge in [-0.2, -0.15) is 0 Å². The minimum Gasteiger partial charge on any atom is -0.402 e. The lowest BCUT2D eigenvalue weighted by molar-refractivity contribution is 1.04. The first kappa shape index (κ1) is 13.3. The van der Waals surface area contributed by atoms with E-state index in [0.717, 1.165) is 39.6 Å². The van der Waals surface area contributed by atoms with Crippen molar-refractivity contribution < 1.29 is 0 Å². The fourth-order valence-electron chi connectivity index (χ4n) is 2.17. The predicted molar refractivity (Wildman–Crippen MR) is 79.4 cm³/mol. The molecule has 1 aromatic heterocycles. The van der Waals surface area contributed by atoms with Crippen LogP contribution in [-0.4, -0.2) is 9.97 Å². The maximum atomic E-state index is 5.88. The van der Waals surface area contributed by atoms with Crippen LogP contribution in [0.4, 0.5) is 0 Å². The van der Waals surface area contributed by atoms with E-state index >= 15 is 0 Å². The molecule has 0 bridgehead atoms. The van der Waals surface area contributed by atoms with Crippen LogP contribution in [0.15, 0.2) is 36.0 Å². The monoisotopic (exact) mass is 253 g/mol. The summed E-state index contributed by atoms with van der Waals surface area (Å²) in [6, 6.07) is 10.0. The Balaban J connectivity index is 2.58. The first-order chi connectivity index (χ1) is 9.00. The molecule has 2 aromatic rings. The summed E-state index contributed by atoms with van der Waals surface area (Å²) in [6.07, 6.45) is 0. The summed E-state index contributed by atoms with van der Waals surface area (Å²) in [6.45, 7) is 7.92. The lowest BCUT2D eigenvalue weighted by Gasteiger charge is -2.12. The third kappa shape index (κ3) is 2.65. The Morgan fingerprint density at radius 2 is 1.47 bits per heavy atom. The van der Waals surface area contributed by atoms with Gasteiger partial charge in [0, 0.05) is 28.2 Å². The number of hydrogen-bond donors (Lipinski definition) is 1. The number of aromatic nitrogens is 2. The van der Waals surface area contributed by atoms with Gasteiger partial charge in [-0.1, -0.05) is 30.3 Å². The van der Waals surface area contributed by atoms with E-state index in [1.165, 1.54) is 0 Å². The average molecular weight is 253 g/mol. The maximum Gasteiger partial charge on any atom is 0.159 e. The third-order valence-corrected chi connectivity index (χ3v) is 3.27. The van der Waals surface area contributed by atoms with E-state index in [0.29, 0.717) is 0 Å². The molecule has 0 aliphatic rings. The van der Waals surface area contributed by atoms with Gasteiger partial charge in [-0.05, 0) is 33.3 Å². The summed E-state index contributed by atoms with van der Waals surface area (Å²) < 4.78 is 0. The van der Waals surface area contributed by atoms with E-state index in [1.54, 1.807) is 0 Å². The van der Waals surface area contributed by atoms with Gasteiger partial charge in [0.25, 0.3) is 0 Å². The van der Waals surface area contributed by atoms with Crippen molar-refractivity contribution in [2.45, 2.75) is 27.7 Å². The van der Waals surface area contributed by atoms with Crippen LogP contribution in [0.1, 0.15) is 30.8 Å². The Labute approximate surface area is 114 Å². The Hall–Kier alpha value is -2.16. The Bertz CT molecular complexity index is 601. The second-order valence-electron chi connectivity index (χ2n) is 4.77. The summed E-state index contributed by atoms with van der Waals surface area (Å²) >= 11 is 0. The van der Waals surface area contributed by atoms with Gasteiger partial charge in [-0.25, -0.2) is 9.97 Å². The van der Waals surface area contributed by atoms with Gasteiger partial charge >= 0.3 is 0 Å². The second-order valence-corrected chi connectivity index (χ2v) is 4.77. The topological polar surface area (TPSA) is 51.8 Å². The van der Waals surface area contributed by atoms with Gasteiger partial charge in [0.1, 0.15) is 0 Å². The average Bonchev–Trinajstić information content (AvgIpc) is 2.38. The fourth-order valence-corrected chi connectivity index (χ4v) is 2.17. The normalized spacial score (nSPS) is 12.2. The van der Waals surface area contributed by atoms with Crippen molar-refractivity contribution in [3.63, 3.8) is 0 Å². The Kier molecular flexibility index (Phi) is 3.65. The van der Waals surface area contributed by atoms with Crippen molar-refractivity contribution in [1.82, 2.24) is 9.97 Å². The smallest absolute Gasteiger partial charge is 0.159 e. The molecular weight excluding hydrogens is 234 g/mol. The lowest BCUT2D eigenvalue weighted by atomic mass is 10.0. The van der Waals surface area contributed by atoms with Crippen LogP contribution in [-0.2, 0) is 0 Å². The standard InChI is InChI=1S/C16H19N3/c1-10(11(2)17)15-12(3)18-16(19-13(15)4)14-8-6-5-7-9-14/h5-9H,17H2,1-4H3/b11-10+. The predicted octanol–water partition coefficient (Wildman–Crippen LogP) is 3.47. The van der Waals surface area contributed by atoms with E-state index in [4.69, 9.17) is 5.73 Å². The van der Waals surface area contributed by atoms with E-state index in [1.807, 2.05) is 58.0 Å². The molecule has 0 radical (unpaired) electrons. The molecule has 0 amide bonds. The maximum absolute atomic E-state index is 5.88. The molecular formula is C16H19N3. The fraction of sp³-hybridized carbons (Fsp3) is 0.250. The van der Waals surface area contributed by atoms with Crippen molar-refractivity contribution in [2.75, 3.05) is 0 Å². The highest BCUT2D eigenvalue weighted by Crippen LogP contribution is 2.24. The van der Waals surface area contributed by atoms with E-state index in [-0.39, 0.29) is 0 Å². The number of nitrogens with two attached hydrogens (primary N) is 1. The SMILES string of the molecule is C/C(N)=C(/C)c1c(C)nc(-c2ccccc2)nc1C. The zero-order valence-corrected chi connectivity index (χ0v) is 11.9. The number of aryl methyl sites for hydroxylation is 2. The van der Waals surface area contributed by atoms with Crippen LogP contribution in [0.25, 0.3) is 17.0 Å². The molecule has 0 unspecified atom stereocenters. The van der Waals surface area contributed by atoms with Crippen molar-refractivity contribution >= 4 is 5.57 Å². The second kappa shape index (κ2) is 5.22. The Morgan fingerprint density at radius 1 is 0.947 bits per heavy atom. The molecule has 98 valence electrons. The molecule has 0 fully saturated rings. The first-order valence-electron chi connectivity index (χ1n) is 6.34. The van der Waals surface area contributed by atoms with Crippen molar-refractivity contribution in [3.05, 3.63) is 53.0 Å². The number of rotatable bonds is 2. The molecule has 1 aromatic carbocycles. The van der Waals surface area contributed by atoms with E-state index in [2.05, 4.69) is 9.97 Å². The van der Waals surface area contributed by atoms with Crippen LogP contribution in [0.3, 0.4) is 0 Å². The molecule has 0 aliphatic heterocycles. The van der Waals surface area contributed by atoms with E-state index < -0.39 is 0 Å². The van der Waals surface area contributed by atoms with Crippen LogP contribution < -0.4 is 5.73 Å². The number of allylic oxidation sites excluding steroid dienone is 2. The molecule has 0 atom stereocenters. The van der Waals surface area contributed by atoms with Crippen LogP contribution >= 0.6 is 0 Å². The quantitative estimate of drug-likeness (QED) is 0.891. The van der Waals surface area contributed by atoms with Crippen molar-refractivity contribution in [1.29, 1.82) is 0 Å². The van der Waals surface area contributed by atoms with Gasteiger partial charge in [0.15, 0.2) is 5.82 Å². The van der Waals surface area contributed by atoms with Gasteiger partial charge in [-0.3, -0.25) is 0 Å². The number of benzene rings is 1. The van der Waals surface area contributed by atoms with Crippen LogP contribution in [0.2, 0.25) is 0 Å². The molecule has 0 spiro atoms. The zero-order chi connectivity index (χ0) is 14.0. The van der Waals surface area contributed by atoms with Gasteiger partial charge in [0.2, 0.25) is 0 Å². The molecule has 19 heavy (non-hydrogen) atoms. The first-order valence-corrected chi connectivity index (χ1v) is 6.34. The van der Waals surface area contributed by atoms with E-state index in [9.17, 15) is 0 Å². The minimum atomic E-state index is 0.766. The number of hydrogen-bond acceptors (Lipinski definition) is 3. The Morgan fingerprint density at radius 3 is 1.95 bits per heavy atom. The van der Waals surface area contributed by atoms with Crippen LogP contribution in [0.5, 0.6) is 0 Å². The summed E-state index contributed by atoms with van der Waals surface area (Å²) in [7, 11) is 0. The molecule has 3 nitrogen and oxygen atoms in total. The highest BCUT2D eigenvalue weighted by Gasteiger charge is 2.12. The van der Waals surface area contributed by atoms with Crippen LogP contribution in [0, 0.1) is 13.8 Å². The van der Waals surface area contributed by atoms with Crippen molar-refractivity contribution in [3.8, 4) is 11.4 Å². The van der Waals surface area contributed by atoms with Gasteiger partial charge < -0.3 is 5.73 Å². The van der Waals surface area contributed by atoms with Gasteiger partial charge in [-0.15, -0.1) is 0 Å². The molecule has 2 N–H and O–H groups in total. The summed E-state index contributed by atoms with van der Waals surface area (Å²) in [5, 5.41) is 0.